The zero-order valence-corrected chi connectivity index (χ0v) is 13.0. The number of hydrogen-bond donors (Lipinski definition) is 2. The minimum atomic E-state index is 0.217. The van der Waals surface area contributed by atoms with E-state index >= 15 is 0 Å². The van der Waals surface area contributed by atoms with Gasteiger partial charge in [-0.05, 0) is 81.0 Å². The maximum absolute atomic E-state index is 10.6. The highest BCUT2D eigenvalue weighted by Gasteiger charge is 2.20. The van der Waals surface area contributed by atoms with Gasteiger partial charge < -0.3 is 10.2 Å². The van der Waals surface area contributed by atoms with Gasteiger partial charge in [0.1, 0.15) is 11.5 Å². The fraction of sp³-hybridized carbons (Fsp3) is 0.333. The van der Waals surface area contributed by atoms with Crippen LogP contribution in [0.1, 0.15) is 33.4 Å². The first-order valence-corrected chi connectivity index (χ1v) is 6.86. The minimum Gasteiger partial charge on any atom is -0.507 e. The molecule has 0 fully saturated rings. The van der Waals surface area contributed by atoms with Crippen LogP contribution in [0.5, 0.6) is 11.5 Å². The van der Waals surface area contributed by atoms with Crippen LogP contribution in [0.4, 0.5) is 0 Å². The lowest BCUT2D eigenvalue weighted by atomic mass is 9.86. The largest absolute Gasteiger partial charge is 0.507 e. The Morgan fingerprint density at radius 1 is 0.600 bits per heavy atom. The van der Waals surface area contributed by atoms with Gasteiger partial charge in [-0.3, -0.25) is 0 Å². The van der Waals surface area contributed by atoms with E-state index in [9.17, 15) is 10.2 Å². The van der Waals surface area contributed by atoms with E-state index in [1.165, 1.54) is 0 Å². The average Bonchev–Trinajstić information content (AvgIpc) is 2.42. The normalized spacial score (nSPS) is 10.9. The van der Waals surface area contributed by atoms with E-state index < -0.39 is 0 Å². The predicted molar refractivity (Wildman–Crippen MR) is 83.6 cm³/mol. The molecule has 0 saturated carbocycles. The third-order valence-corrected chi connectivity index (χ3v) is 4.62. The van der Waals surface area contributed by atoms with Gasteiger partial charge in [0, 0.05) is 11.1 Å². The van der Waals surface area contributed by atoms with Gasteiger partial charge in [0.2, 0.25) is 0 Å². The Morgan fingerprint density at radius 2 is 1.15 bits per heavy atom. The number of phenolic OH excluding ortho intramolecular Hbond substituents is 2. The topological polar surface area (TPSA) is 40.5 Å². The molecule has 2 nitrogen and oxygen atoms in total. The molecule has 0 amide bonds. The third-order valence-electron chi connectivity index (χ3n) is 4.62. The van der Waals surface area contributed by atoms with Crippen molar-refractivity contribution in [1.82, 2.24) is 0 Å². The molecule has 0 aliphatic heterocycles. The molecule has 0 unspecified atom stereocenters. The van der Waals surface area contributed by atoms with Crippen LogP contribution in [-0.2, 0) is 0 Å². The van der Waals surface area contributed by atoms with Crippen molar-refractivity contribution in [3.05, 3.63) is 45.5 Å². The lowest BCUT2D eigenvalue weighted by Gasteiger charge is -2.20. The molecule has 0 spiro atoms. The lowest BCUT2D eigenvalue weighted by Crippen LogP contribution is -1.98. The molecule has 0 aliphatic rings. The summed E-state index contributed by atoms with van der Waals surface area (Å²) in [6.07, 6.45) is 0. The Bertz CT molecular complexity index is 668. The fourth-order valence-corrected chi connectivity index (χ4v) is 2.72. The third kappa shape index (κ3) is 1.96. The van der Waals surface area contributed by atoms with Crippen LogP contribution in [0, 0.1) is 41.5 Å². The number of hydrogen-bond acceptors (Lipinski definition) is 2. The van der Waals surface area contributed by atoms with Gasteiger partial charge in [-0.2, -0.15) is 0 Å². The second-order valence-corrected chi connectivity index (χ2v) is 5.63. The molecular formula is C18H22O2. The van der Waals surface area contributed by atoms with E-state index in [1.54, 1.807) is 6.07 Å². The van der Waals surface area contributed by atoms with Crippen molar-refractivity contribution in [2.24, 2.45) is 0 Å². The molecule has 20 heavy (non-hydrogen) atoms. The second kappa shape index (κ2) is 4.86. The predicted octanol–water partition coefficient (Wildman–Crippen LogP) is 4.62. The van der Waals surface area contributed by atoms with Crippen molar-refractivity contribution < 1.29 is 10.2 Å². The fourth-order valence-electron chi connectivity index (χ4n) is 2.72. The SMILES string of the molecule is Cc1ccc(O)c(-c2c(C)c(C)c(C)c(C)c2O)c1C. The number of phenols is 2. The van der Waals surface area contributed by atoms with E-state index in [0.29, 0.717) is 0 Å². The van der Waals surface area contributed by atoms with Crippen molar-refractivity contribution in [2.45, 2.75) is 41.5 Å². The second-order valence-electron chi connectivity index (χ2n) is 5.63. The van der Waals surface area contributed by atoms with Crippen molar-refractivity contribution in [2.75, 3.05) is 0 Å². The van der Waals surface area contributed by atoms with Crippen LogP contribution in [0.3, 0.4) is 0 Å². The quantitative estimate of drug-likeness (QED) is 0.794. The zero-order chi connectivity index (χ0) is 15.2. The average molecular weight is 270 g/mol. The van der Waals surface area contributed by atoms with Crippen molar-refractivity contribution >= 4 is 0 Å². The zero-order valence-electron chi connectivity index (χ0n) is 13.0. The van der Waals surface area contributed by atoms with Gasteiger partial charge in [-0.25, -0.2) is 0 Å². The monoisotopic (exact) mass is 270 g/mol. The molecule has 2 N–H and O–H groups in total. The summed E-state index contributed by atoms with van der Waals surface area (Å²) in [5.74, 6) is 0.490. The molecule has 2 heteroatoms. The minimum absolute atomic E-state index is 0.217. The van der Waals surface area contributed by atoms with Crippen LogP contribution < -0.4 is 0 Å². The first-order valence-electron chi connectivity index (χ1n) is 6.86. The molecule has 106 valence electrons. The summed E-state index contributed by atoms with van der Waals surface area (Å²) in [5, 5.41) is 20.8. The van der Waals surface area contributed by atoms with Gasteiger partial charge in [0.25, 0.3) is 0 Å². The Labute approximate surface area is 120 Å². The summed E-state index contributed by atoms with van der Waals surface area (Å²) >= 11 is 0. The number of benzene rings is 2. The molecule has 0 aliphatic carbocycles. The highest BCUT2D eigenvalue weighted by Crippen LogP contribution is 2.44. The summed E-state index contributed by atoms with van der Waals surface area (Å²) in [4.78, 5) is 0. The Kier molecular flexibility index (Phi) is 3.51. The highest BCUT2D eigenvalue weighted by molar-refractivity contribution is 5.84. The first-order chi connectivity index (χ1) is 9.27. The Balaban J connectivity index is 2.95. The van der Waals surface area contributed by atoms with Crippen LogP contribution in [0.2, 0.25) is 0 Å². The first kappa shape index (κ1) is 14.4. The molecule has 0 radical (unpaired) electrons. The molecular weight excluding hydrogens is 248 g/mol. The maximum Gasteiger partial charge on any atom is 0.127 e. The van der Waals surface area contributed by atoms with Crippen molar-refractivity contribution in [3.63, 3.8) is 0 Å². The number of aromatic hydroxyl groups is 2. The smallest absolute Gasteiger partial charge is 0.127 e. The Morgan fingerprint density at radius 3 is 1.75 bits per heavy atom. The van der Waals surface area contributed by atoms with Gasteiger partial charge in [0.05, 0.1) is 0 Å². The molecule has 0 heterocycles. The molecule has 2 aromatic carbocycles. The van der Waals surface area contributed by atoms with E-state index in [-0.39, 0.29) is 11.5 Å². The van der Waals surface area contributed by atoms with Crippen LogP contribution >= 0.6 is 0 Å². The number of rotatable bonds is 1. The highest BCUT2D eigenvalue weighted by atomic mass is 16.3. The molecule has 0 aromatic heterocycles. The van der Waals surface area contributed by atoms with Crippen LogP contribution in [0.25, 0.3) is 11.1 Å². The van der Waals surface area contributed by atoms with E-state index in [0.717, 1.165) is 44.5 Å². The summed E-state index contributed by atoms with van der Waals surface area (Å²) in [5.41, 5.74) is 7.77. The molecule has 0 atom stereocenters. The molecule has 0 bridgehead atoms. The van der Waals surface area contributed by atoms with Gasteiger partial charge in [0.15, 0.2) is 0 Å². The summed E-state index contributed by atoms with van der Waals surface area (Å²) < 4.78 is 0. The molecule has 0 saturated heterocycles. The summed E-state index contributed by atoms with van der Waals surface area (Å²) in [6.45, 7) is 12.0. The summed E-state index contributed by atoms with van der Waals surface area (Å²) in [7, 11) is 0. The van der Waals surface area contributed by atoms with E-state index in [1.807, 2.05) is 40.7 Å². The van der Waals surface area contributed by atoms with Gasteiger partial charge in [-0.15, -0.1) is 0 Å². The van der Waals surface area contributed by atoms with Crippen molar-refractivity contribution in [1.29, 1.82) is 0 Å². The number of aryl methyl sites for hydroxylation is 1. The van der Waals surface area contributed by atoms with Crippen LogP contribution in [-0.4, -0.2) is 10.2 Å². The Hall–Kier alpha value is -1.96. The van der Waals surface area contributed by atoms with E-state index in [4.69, 9.17) is 0 Å². The molecule has 2 rings (SSSR count). The molecule has 2 aromatic rings. The van der Waals surface area contributed by atoms with Gasteiger partial charge in [-0.1, -0.05) is 6.07 Å². The lowest BCUT2D eigenvalue weighted by molar-refractivity contribution is 0.465. The standard InChI is InChI=1S/C18H22O2/c1-9-7-8-15(19)16(10(9)2)17-13(5)11(3)12(4)14(6)18(17)20/h7-8,19-20H,1-6H3. The van der Waals surface area contributed by atoms with Crippen molar-refractivity contribution in [3.8, 4) is 22.6 Å². The van der Waals surface area contributed by atoms with E-state index in [2.05, 4.69) is 6.92 Å². The summed E-state index contributed by atoms with van der Waals surface area (Å²) in [6, 6.07) is 3.59. The van der Waals surface area contributed by atoms with Crippen LogP contribution in [0.15, 0.2) is 12.1 Å². The maximum atomic E-state index is 10.6. The van der Waals surface area contributed by atoms with Gasteiger partial charge >= 0.3 is 0 Å².